The molecule has 2 heterocycles. The number of nitrogens with one attached hydrogen (secondary N) is 1. The predicted molar refractivity (Wildman–Crippen MR) is 68.9 cm³/mol. The Balaban J connectivity index is 1.98. The van der Waals surface area contributed by atoms with E-state index >= 15 is 0 Å². The summed E-state index contributed by atoms with van der Waals surface area (Å²) in [6, 6.07) is 4.98. The number of amides is 1. The second-order valence-electron chi connectivity index (χ2n) is 4.15. The molecule has 0 aliphatic carbocycles. The molecule has 98 valence electrons. The van der Waals surface area contributed by atoms with Crippen LogP contribution in [0.1, 0.15) is 26.5 Å². The maximum absolute atomic E-state index is 11.9. The maximum Gasteiger partial charge on any atom is 0.266 e. The zero-order valence-electron chi connectivity index (χ0n) is 10.8. The number of hydrogen-bond donors (Lipinski definition) is 1. The van der Waals surface area contributed by atoms with Crippen molar-refractivity contribution in [3.05, 3.63) is 47.5 Å². The van der Waals surface area contributed by atoms with E-state index in [0.717, 1.165) is 11.4 Å². The van der Waals surface area contributed by atoms with Crippen LogP contribution in [0, 0.1) is 13.8 Å². The van der Waals surface area contributed by atoms with E-state index in [9.17, 15) is 9.59 Å². The van der Waals surface area contributed by atoms with E-state index in [0.29, 0.717) is 5.56 Å². The molecule has 0 bridgehead atoms. The second-order valence-corrected chi connectivity index (χ2v) is 4.15. The van der Waals surface area contributed by atoms with Crippen LogP contribution in [0.25, 0.3) is 0 Å². The number of hydrogen-bond acceptors (Lipinski definition) is 4. The summed E-state index contributed by atoms with van der Waals surface area (Å²) in [4.78, 5) is 27.5. The predicted octanol–water partition coefficient (Wildman–Crippen LogP) is 0.965. The molecule has 0 aromatic carbocycles. The molecule has 0 fully saturated rings. The maximum atomic E-state index is 11.9. The largest absolute Gasteiger partial charge is 0.343 e. The van der Waals surface area contributed by atoms with Gasteiger partial charge in [-0.1, -0.05) is 0 Å². The molecule has 19 heavy (non-hydrogen) atoms. The van der Waals surface area contributed by atoms with Crippen LogP contribution in [-0.2, 0) is 0 Å². The first-order chi connectivity index (χ1) is 9.08. The number of aryl methyl sites for hydroxylation is 2. The molecular formula is C13H14N4O2. The summed E-state index contributed by atoms with van der Waals surface area (Å²) < 4.78 is 1.29. The van der Waals surface area contributed by atoms with Gasteiger partial charge in [0, 0.05) is 23.7 Å². The number of carbonyl (C=O) groups is 2. The lowest BCUT2D eigenvalue weighted by molar-refractivity contribution is 0.0848. The fraction of sp³-hybridized carbons (Fsp3) is 0.231. The normalized spacial score (nSPS) is 10.2. The van der Waals surface area contributed by atoms with Crippen LogP contribution in [0.15, 0.2) is 30.6 Å². The average molecular weight is 258 g/mol. The lowest BCUT2D eigenvalue weighted by atomic mass is 10.2. The van der Waals surface area contributed by atoms with E-state index in [2.05, 4.69) is 15.4 Å². The van der Waals surface area contributed by atoms with Gasteiger partial charge in [0.25, 0.3) is 11.8 Å². The summed E-state index contributed by atoms with van der Waals surface area (Å²) >= 11 is 0. The van der Waals surface area contributed by atoms with E-state index < -0.39 is 0 Å². The standard InChI is InChI=1S/C13H14N4O2/c1-9-7-10(2)17(16-9)12(18)8-15-13(19)11-3-5-14-6-4-11/h3-7H,8H2,1-2H3,(H,15,19). The number of pyridine rings is 1. The van der Waals surface area contributed by atoms with E-state index in [1.807, 2.05) is 13.0 Å². The van der Waals surface area contributed by atoms with Crippen molar-refractivity contribution in [1.82, 2.24) is 20.1 Å². The molecule has 0 spiro atoms. The minimum absolute atomic E-state index is 0.0941. The minimum Gasteiger partial charge on any atom is -0.343 e. The van der Waals surface area contributed by atoms with Gasteiger partial charge in [-0.25, -0.2) is 4.68 Å². The smallest absolute Gasteiger partial charge is 0.266 e. The quantitative estimate of drug-likeness (QED) is 0.889. The summed E-state index contributed by atoms with van der Waals surface area (Å²) in [5, 5.41) is 6.62. The molecule has 2 aromatic heterocycles. The van der Waals surface area contributed by atoms with Gasteiger partial charge in [-0.3, -0.25) is 14.6 Å². The van der Waals surface area contributed by atoms with Crippen LogP contribution >= 0.6 is 0 Å². The fourth-order valence-corrected chi connectivity index (χ4v) is 1.72. The summed E-state index contributed by atoms with van der Waals surface area (Å²) in [5.74, 6) is -0.578. The van der Waals surface area contributed by atoms with Crippen LogP contribution in [-0.4, -0.2) is 33.1 Å². The van der Waals surface area contributed by atoms with E-state index in [1.54, 1.807) is 19.1 Å². The van der Waals surface area contributed by atoms with Crippen LogP contribution in [0.4, 0.5) is 0 Å². The van der Waals surface area contributed by atoms with Gasteiger partial charge in [-0.15, -0.1) is 0 Å². The minimum atomic E-state index is -0.308. The van der Waals surface area contributed by atoms with Gasteiger partial charge in [-0.2, -0.15) is 5.10 Å². The zero-order chi connectivity index (χ0) is 13.8. The molecule has 0 aliphatic heterocycles. The molecule has 2 rings (SSSR count). The third kappa shape index (κ3) is 3.04. The Kier molecular flexibility index (Phi) is 3.70. The Morgan fingerprint density at radius 1 is 1.26 bits per heavy atom. The van der Waals surface area contributed by atoms with Crippen molar-refractivity contribution in [1.29, 1.82) is 0 Å². The molecule has 6 nitrogen and oxygen atoms in total. The summed E-state index contributed by atoms with van der Waals surface area (Å²) in [6.45, 7) is 3.51. The number of rotatable bonds is 3. The van der Waals surface area contributed by atoms with Crippen molar-refractivity contribution in [2.45, 2.75) is 13.8 Å². The molecular weight excluding hydrogens is 244 g/mol. The Hall–Kier alpha value is -2.50. The highest BCUT2D eigenvalue weighted by atomic mass is 16.2. The monoisotopic (exact) mass is 258 g/mol. The first-order valence-corrected chi connectivity index (χ1v) is 5.82. The molecule has 0 saturated carbocycles. The molecule has 0 saturated heterocycles. The summed E-state index contributed by atoms with van der Waals surface area (Å²) in [6.07, 6.45) is 3.05. The average Bonchev–Trinajstić information content (AvgIpc) is 2.75. The van der Waals surface area contributed by atoms with Gasteiger partial charge in [0.1, 0.15) is 0 Å². The molecule has 6 heteroatoms. The molecule has 0 unspecified atom stereocenters. The molecule has 0 radical (unpaired) electrons. The highest BCUT2D eigenvalue weighted by molar-refractivity contribution is 5.96. The van der Waals surface area contributed by atoms with Crippen molar-refractivity contribution < 1.29 is 9.59 Å². The van der Waals surface area contributed by atoms with Crippen molar-refractivity contribution in [2.75, 3.05) is 6.54 Å². The van der Waals surface area contributed by atoms with Crippen molar-refractivity contribution >= 4 is 11.8 Å². The van der Waals surface area contributed by atoms with Crippen molar-refractivity contribution in [3.63, 3.8) is 0 Å². The lowest BCUT2D eigenvalue weighted by Crippen LogP contribution is -2.33. The Morgan fingerprint density at radius 2 is 1.95 bits per heavy atom. The number of carbonyl (C=O) groups excluding carboxylic acids is 2. The number of aromatic nitrogens is 3. The van der Waals surface area contributed by atoms with Crippen molar-refractivity contribution in [2.24, 2.45) is 0 Å². The SMILES string of the molecule is Cc1cc(C)n(C(=O)CNC(=O)c2ccncc2)n1. The van der Waals surface area contributed by atoms with Crippen LogP contribution in [0.3, 0.4) is 0 Å². The van der Waals surface area contributed by atoms with Crippen LogP contribution in [0.5, 0.6) is 0 Å². The summed E-state index contributed by atoms with van der Waals surface area (Å²) in [5.41, 5.74) is 1.99. The Morgan fingerprint density at radius 3 is 2.53 bits per heavy atom. The first kappa shape index (κ1) is 12.9. The van der Waals surface area contributed by atoms with Gasteiger partial charge in [-0.05, 0) is 32.0 Å². The first-order valence-electron chi connectivity index (χ1n) is 5.82. The van der Waals surface area contributed by atoms with Gasteiger partial charge in [0.05, 0.1) is 12.2 Å². The van der Waals surface area contributed by atoms with E-state index in [4.69, 9.17) is 0 Å². The number of nitrogens with zero attached hydrogens (tertiary/aromatic N) is 3. The van der Waals surface area contributed by atoms with E-state index in [-0.39, 0.29) is 18.4 Å². The third-order valence-electron chi connectivity index (χ3n) is 2.59. The van der Waals surface area contributed by atoms with Crippen LogP contribution in [0.2, 0.25) is 0 Å². The fourth-order valence-electron chi connectivity index (χ4n) is 1.72. The zero-order valence-corrected chi connectivity index (χ0v) is 10.8. The Labute approximate surface area is 110 Å². The van der Waals surface area contributed by atoms with Gasteiger partial charge in [0.15, 0.2) is 0 Å². The molecule has 2 aromatic rings. The highest BCUT2D eigenvalue weighted by Gasteiger charge is 2.12. The summed E-state index contributed by atoms with van der Waals surface area (Å²) in [7, 11) is 0. The van der Waals surface area contributed by atoms with Gasteiger partial charge < -0.3 is 5.32 Å². The van der Waals surface area contributed by atoms with E-state index in [1.165, 1.54) is 17.1 Å². The van der Waals surface area contributed by atoms with Gasteiger partial charge >= 0.3 is 0 Å². The molecule has 1 N–H and O–H groups in total. The molecule has 0 aliphatic rings. The molecule has 0 atom stereocenters. The topological polar surface area (TPSA) is 76.9 Å². The Bertz CT molecular complexity index is 604. The van der Waals surface area contributed by atoms with Crippen molar-refractivity contribution in [3.8, 4) is 0 Å². The highest BCUT2D eigenvalue weighted by Crippen LogP contribution is 2.01. The third-order valence-corrected chi connectivity index (χ3v) is 2.59. The second kappa shape index (κ2) is 5.43. The van der Waals surface area contributed by atoms with Gasteiger partial charge in [0.2, 0.25) is 0 Å². The lowest BCUT2D eigenvalue weighted by Gasteiger charge is -2.05. The molecule has 1 amide bonds. The van der Waals surface area contributed by atoms with Crippen LogP contribution < -0.4 is 5.32 Å².